The minimum atomic E-state index is -0.942. The molecule has 4 rings (SSSR count). The number of rotatable bonds is 9. The molecule has 0 saturated carbocycles. The van der Waals surface area contributed by atoms with Crippen molar-refractivity contribution in [3.05, 3.63) is 65.9 Å². The second kappa shape index (κ2) is 10.1. The van der Waals surface area contributed by atoms with Crippen molar-refractivity contribution in [1.29, 1.82) is 0 Å². The van der Waals surface area contributed by atoms with E-state index in [0.717, 1.165) is 12.0 Å². The van der Waals surface area contributed by atoms with E-state index in [-0.39, 0.29) is 5.25 Å². The zero-order valence-electron chi connectivity index (χ0n) is 19.0. The number of aliphatic hydroxyl groups excluding tert-OH is 1. The second-order valence-electron chi connectivity index (χ2n) is 7.38. The van der Waals surface area contributed by atoms with Crippen molar-refractivity contribution < 1.29 is 23.4 Å². The maximum Gasteiger partial charge on any atom is 0.239 e. The van der Waals surface area contributed by atoms with Gasteiger partial charge < -0.3 is 19.0 Å². The highest BCUT2D eigenvalue weighted by Crippen LogP contribution is 2.38. The molecule has 2 atom stereocenters. The number of furan rings is 1. The van der Waals surface area contributed by atoms with Gasteiger partial charge in [-0.1, -0.05) is 6.07 Å². The Bertz CT molecular complexity index is 1240. The molecule has 1 aromatic carbocycles. The van der Waals surface area contributed by atoms with E-state index in [1.165, 1.54) is 24.1 Å². The minimum Gasteiger partial charge on any atom is -0.494 e. The van der Waals surface area contributed by atoms with Crippen molar-refractivity contribution in [3.63, 3.8) is 0 Å². The molecule has 178 valence electrons. The summed E-state index contributed by atoms with van der Waals surface area (Å²) in [5.41, 5.74) is 0.945. The van der Waals surface area contributed by atoms with Crippen molar-refractivity contribution in [1.82, 2.24) is 19.7 Å². The Morgan fingerprint density at radius 1 is 1.09 bits per heavy atom. The van der Waals surface area contributed by atoms with Crippen LogP contribution in [0.4, 0.5) is 10.3 Å². The lowest BCUT2D eigenvalue weighted by Crippen LogP contribution is -2.16. The van der Waals surface area contributed by atoms with Crippen LogP contribution in [0.3, 0.4) is 0 Å². The van der Waals surface area contributed by atoms with Crippen LogP contribution >= 0.6 is 11.9 Å². The Morgan fingerprint density at radius 3 is 2.41 bits per heavy atom. The summed E-state index contributed by atoms with van der Waals surface area (Å²) in [6, 6.07) is 11.8. The maximum atomic E-state index is 13.2. The zero-order chi connectivity index (χ0) is 24.2. The molecule has 0 saturated heterocycles. The number of nitrogens with one attached hydrogen (secondary N) is 1. The fourth-order valence-electron chi connectivity index (χ4n) is 3.34. The quantitative estimate of drug-likeness (QED) is 0.330. The summed E-state index contributed by atoms with van der Waals surface area (Å²) in [4.78, 5) is 3.97. The first-order valence-corrected chi connectivity index (χ1v) is 11.3. The highest BCUT2D eigenvalue weighted by Gasteiger charge is 2.25. The first-order valence-electron chi connectivity index (χ1n) is 10.4. The summed E-state index contributed by atoms with van der Waals surface area (Å²) < 4.78 is 35.1. The number of aryl methyl sites for hydroxylation is 1. The smallest absolute Gasteiger partial charge is 0.239 e. The number of anilines is 1. The average molecular weight is 486 g/mol. The highest BCUT2D eigenvalue weighted by atomic mass is 32.2. The molecular formula is C23H24FN5O4S. The summed E-state index contributed by atoms with van der Waals surface area (Å²) >= 11 is 1.22. The lowest BCUT2D eigenvalue weighted by molar-refractivity contribution is 0.174. The van der Waals surface area contributed by atoms with Gasteiger partial charge in [-0.05, 0) is 62.2 Å². The van der Waals surface area contributed by atoms with E-state index in [9.17, 15) is 9.50 Å². The second-order valence-corrected chi connectivity index (χ2v) is 8.56. The number of benzene rings is 1. The van der Waals surface area contributed by atoms with Gasteiger partial charge in [-0.25, -0.2) is 4.39 Å². The number of hydrogen-bond acceptors (Lipinski definition) is 9. The standard InChI is InChI=1S/C23H24FN5O4S/c1-13-8-11-19(33-13)22-26-27-23(29(22)20-17(31-3)6-5-7-18(20)32-4)28-34-14(2)21(30)16-10-9-15(24)12-25-16/h5-12,14,21,30H,1-4H3,(H,27,28). The first-order chi connectivity index (χ1) is 16.4. The first kappa shape index (κ1) is 23.6. The lowest BCUT2D eigenvalue weighted by atomic mass is 10.2. The summed E-state index contributed by atoms with van der Waals surface area (Å²) in [6.07, 6.45) is 0.133. The van der Waals surface area contributed by atoms with Gasteiger partial charge in [0, 0.05) is 0 Å². The number of aromatic nitrogens is 4. The van der Waals surface area contributed by atoms with Crippen molar-refractivity contribution in [2.24, 2.45) is 0 Å². The molecule has 11 heteroatoms. The Hall–Kier alpha value is -3.57. The predicted molar refractivity (Wildman–Crippen MR) is 127 cm³/mol. The third-order valence-electron chi connectivity index (χ3n) is 5.08. The zero-order valence-corrected chi connectivity index (χ0v) is 19.8. The number of aliphatic hydroxyl groups is 1. The number of ether oxygens (including phenoxy) is 2. The normalized spacial score (nSPS) is 12.9. The molecule has 3 aromatic heterocycles. The Morgan fingerprint density at radius 2 is 1.82 bits per heavy atom. The molecule has 3 heterocycles. The molecule has 0 radical (unpaired) electrons. The number of methoxy groups -OCH3 is 2. The topological polar surface area (TPSA) is 107 Å². The molecule has 0 bridgehead atoms. The van der Waals surface area contributed by atoms with Crippen LogP contribution in [0.2, 0.25) is 0 Å². The van der Waals surface area contributed by atoms with Gasteiger partial charge in [0.1, 0.15) is 34.9 Å². The SMILES string of the molecule is COc1cccc(OC)c1-n1c(NSC(C)C(O)c2ccc(F)cn2)nnc1-c1ccc(C)o1. The Balaban J connectivity index is 1.70. The monoisotopic (exact) mass is 485 g/mol. The van der Waals surface area contributed by atoms with E-state index in [1.807, 2.05) is 26.0 Å². The Kier molecular flexibility index (Phi) is 7.03. The number of nitrogens with zero attached hydrogens (tertiary/aromatic N) is 4. The molecule has 0 aliphatic carbocycles. The number of halogens is 1. The van der Waals surface area contributed by atoms with E-state index in [4.69, 9.17) is 13.9 Å². The van der Waals surface area contributed by atoms with Crippen LogP contribution < -0.4 is 14.2 Å². The predicted octanol–water partition coefficient (Wildman–Crippen LogP) is 4.57. The fourth-order valence-corrected chi connectivity index (χ4v) is 4.03. The lowest BCUT2D eigenvalue weighted by Gasteiger charge is -2.20. The van der Waals surface area contributed by atoms with Gasteiger partial charge in [-0.2, -0.15) is 0 Å². The molecule has 9 nitrogen and oxygen atoms in total. The summed E-state index contributed by atoms with van der Waals surface area (Å²) in [6.45, 7) is 3.66. The molecule has 0 amide bonds. The van der Waals surface area contributed by atoms with Crippen LogP contribution in [0.5, 0.6) is 11.5 Å². The van der Waals surface area contributed by atoms with Crippen LogP contribution in [0.15, 0.2) is 53.1 Å². The molecular weight excluding hydrogens is 461 g/mol. The maximum absolute atomic E-state index is 13.2. The van der Waals surface area contributed by atoms with E-state index < -0.39 is 11.9 Å². The molecule has 0 aliphatic rings. The molecule has 0 fully saturated rings. The van der Waals surface area contributed by atoms with Crippen LogP contribution in [0.1, 0.15) is 24.5 Å². The fraction of sp³-hybridized carbons (Fsp3) is 0.261. The molecule has 0 aliphatic heterocycles. The van der Waals surface area contributed by atoms with Gasteiger partial charge in [0.15, 0.2) is 5.76 Å². The van der Waals surface area contributed by atoms with Gasteiger partial charge in [0.2, 0.25) is 11.8 Å². The van der Waals surface area contributed by atoms with Crippen LogP contribution in [0.25, 0.3) is 17.3 Å². The van der Waals surface area contributed by atoms with Gasteiger partial charge in [-0.15, -0.1) is 10.2 Å². The summed E-state index contributed by atoms with van der Waals surface area (Å²) in [5, 5.41) is 18.9. The number of pyridine rings is 1. The van der Waals surface area contributed by atoms with Gasteiger partial charge in [-0.3, -0.25) is 14.3 Å². The largest absolute Gasteiger partial charge is 0.494 e. The van der Waals surface area contributed by atoms with E-state index in [2.05, 4.69) is 19.9 Å². The molecule has 34 heavy (non-hydrogen) atoms. The third kappa shape index (κ3) is 4.70. The van der Waals surface area contributed by atoms with E-state index >= 15 is 0 Å². The summed E-state index contributed by atoms with van der Waals surface area (Å²) in [5.74, 6) is 2.66. The highest BCUT2D eigenvalue weighted by molar-refractivity contribution is 8.01. The van der Waals surface area contributed by atoms with Crippen molar-refractivity contribution >= 4 is 17.9 Å². The van der Waals surface area contributed by atoms with Gasteiger partial charge in [0.25, 0.3) is 0 Å². The summed E-state index contributed by atoms with van der Waals surface area (Å²) in [7, 11) is 3.13. The Labute approximate surface area is 200 Å². The average Bonchev–Trinajstić information content (AvgIpc) is 3.47. The molecule has 4 aromatic rings. The van der Waals surface area contributed by atoms with Gasteiger partial charge in [0.05, 0.1) is 31.4 Å². The van der Waals surface area contributed by atoms with Crippen LogP contribution in [-0.2, 0) is 0 Å². The van der Waals surface area contributed by atoms with Crippen molar-refractivity contribution in [3.8, 4) is 28.8 Å². The van der Waals surface area contributed by atoms with E-state index in [1.54, 1.807) is 37.0 Å². The van der Waals surface area contributed by atoms with Crippen LogP contribution in [-0.4, -0.2) is 44.3 Å². The van der Waals surface area contributed by atoms with Gasteiger partial charge >= 0.3 is 0 Å². The van der Waals surface area contributed by atoms with Crippen LogP contribution in [0, 0.1) is 12.7 Å². The molecule has 2 unspecified atom stereocenters. The molecule has 2 N–H and O–H groups in total. The molecule has 0 spiro atoms. The number of hydrogen-bond donors (Lipinski definition) is 2. The van der Waals surface area contributed by atoms with Crippen molar-refractivity contribution in [2.75, 3.05) is 18.9 Å². The number of para-hydroxylation sites is 1. The van der Waals surface area contributed by atoms with E-state index in [0.29, 0.717) is 40.4 Å². The van der Waals surface area contributed by atoms with Crippen molar-refractivity contribution in [2.45, 2.75) is 25.2 Å². The minimum absolute atomic E-state index is 0.364. The third-order valence-corrected chi connectivity index (χ3v) is 6.01.